The third kappa shape index (κ3) is 4.28. The first-order chi connectivity index (χ1) is 11.9. The average Bonchev–Trinajstić information content (AvgIpc) is 2.59. The van der Waals surface area contributed by atoms with Crippen LogP contribution in [0.3, 0.4) is 0 Å². The van der Waals surface area contributed by atoms with E-state index in [-0.39, 0.29) is 23.1 Å². The summed E-state index contributed by atoms with van der Waals surface area (Å²) in [5.74, 6) is -0.556. The van der Waals surface area contributed by atoms with E-state index in [2.05, 4.69) is 27.9 Å². The van der Waals surface area contributed by atoms with E-state index in [0.29, 0.717) is 24.2 Å². The number of hydrogen-bond donors (Lipinski definition) is 1. The molecule has 0 unspecified atom stereocenters. The molecule has 0 fully saturated rings. The van der Waals surface area contributed by atoms with Gasteiger partial charge >= 0.3 is 0 Å². The number of hydrogen-bond acceptors (Lipinski definition) is 3. The van der Waals surface area contributed by atoms with Crippen LogP contribution < -0.4 is 10.9 Å². The molecule has 0 aliphatic carbocycles. The van der Waals surface area contributed by atoms with Gasteiger partial charge in [-0.05, 0) is 54.6 Å². The second kappa shape index (κ2) is 8.28. The third-order valence-corrected chi connectivity index (χ3v) is 4.79. The van der Waals surface area contributed by atoms with Crippen LogP contribution in [0.25, 0.3) is 0 Å². The highest BCUT2D eigenvalue weighted by atomic mass is 127. The summed E-state index contributed by atoms with van der Waals surface area (Å²) < 4.78 is 2.09. The summed E-state index contributed by atoms with van der Waals surface area (Å²) in [5, 5.41) is 2.63. The van der Waals surface area contributed by atoms with Crippen LogP contribution in [-0.2, 0) is 7.05 Å². The van der Waals surface area contributed by atoms with Gasteiger partial charge in [0, 0.05) is 29.9 Å². The number of nitrogens with zero attached hydrogens (tertiary/aromatic N) is 2. The second-order valence-corrected chi connectivity index (χ2v) is 6.63. The highest BCUT2D eigenvalue weighted by Gasteiger charge is 2.17. The third-order valence-electron chi connectivity index (χ3n) is 3.85. The van der Waals surface area contributed by atoms with Gasteiger partial charge in [0.25, 0.3) is 17.4 Å². The first kappa shape index (κ1) is 19.2. The van der Waals surface area contributed by atoms with Crippen molar-refractivity contribution < 1.29 is 9.59 Å². The molecule has 2 amide bonds. The molecule has 0 atom stereocenters. The standard InChI is InChI=1S/C18H20IN3O3/c1-4-22(5-2)17(24)12-10-15(18(25)21(3)11-12)20-16(23)13-8-6-7-9-14(13)19/h6-11H,4-5H2,1-3H3,(H,20,23). The molecule has 7 heteroatoms. The number of aromatic nitrogens is 1. The first-order valence-electron chi connectivity index (χ1n) is 7.94. The molecule has 0 saturated carbocycles. The number of carbonyl (C=O) groups is 2. The Bertz CT molecular complexity index is 857. The predicted molar refractivity (Wildman–Crippen MR) is 106 cm³/mol. The van der Waals surface area contributed by atoms with E-state index in [1.807, 2.05) is 26.0 Å². The summed E-state index contributed by atoms with van der Waals surface area (Å²) in [6, 6.07) is 8.54. The Morgan fingerprint density at radius 2 is 1.84 bits per heavy atom. The summed E-state index contributed by atoms with van der Waals surface area (Å²) in [7, 11) is 1.56. The zero-order valence-corrected chi connectivity index (χ0v) is 16.5. The fraction of sp³-hybridized carbons (Fsp3) is 0.278. The van der Waals surface area contributed by atoms with Crippen LogP contribution in [0.4, 0.5) is 5.69 Å². The molecule has 0 radical (unpaired) electrons. The summed E-state index contributed by atoms with van der Waals surface area (Å²) in [6.45, 7) is 4.93. The number of aryl methyl sites for hydroxylation is 1. The Labute approximate surface area is 160 Å². The van der Waals surface area contributed by atoms with Gasteiger partial charge in [-0.3, -0.25) is 14.4 Å². The molecule has 1 aromatic heterocycles. The highest BCUT2D eigenvalue weighted by Crippen LogP contribution is 2.14. The Hall–Kier alpha value is -2.16. The molecule has 0 aliphatic rings. The predicted octanol–water partition coefficient (Wildman–Crippen LogP) is 2.72. The number of benzene rings is 1. The van der Waals surface area contributed by atoms with Crippen molar-refractivity contribution in [3.05, 3.63) is 61.6 Å². The zero-order valence-electron chi connectivity index (χ0n) is 14.4. The molecular formula is C18H20IN3O3. The van der Waals surface area contributed by atoms with Crippen molar-refractivity contribution in [1.29, 1.82) is 0 Å². The number of rotatable bonds is 5. The highest BCUT2D eigenvalue weighted by molar-refractivity contribution is 14.1. The summed E-state index contributed by atoms with van der Waals surface area (Å²) in [5.41, 5.74) is 0.565. The van der Waals surface area contributed by atoms with Crippen LogP contribution >= 0.6 is 22.6 Å². The van der Waals surface area contributed by atoms with Crippen LogP contribution in [0.15, 0.2) is 41.3 Å². The second-order valence-electron chi connectivity index (χ2n) is 5.47. The lowest BCUT2D eigenvalue weighted by Gasteiger charge is -2.19. The summed E-state index contributed by atoms with van der Waals surface area (Å²) in [6.07, 6.45) is 1.49. The SMILES string of the molecule is CCN(CC)C(=O)c1cc(NC(=O)c2ccccc2I)c(=O)n(C)c1. The van der Waals surface area contributed by atoms with E-state index in [4.69, 9.17) is 0 Å². The number of anilines is 1. The average molecular weight is 453 g/mol. The number of amides is 2. The molecule has 0 saturated heterocycles. The van der Waals surface area contributed by atoms with Gasteiger partial charge in [-0.25, -0.2) is 0 Å². The molecule has 2 aromatic rings. The Morgan fingerprint density at radius 1 is 1.20 bits per heavy atom. The first-order valence-corrected chi connectivity index (χ1v) is 9.02. The topological polar surface area (TPSA) is 71.4 Å². The molecular weight excluding hydrogens is 433 g/mol. The zero-order chi connectivity index (χ0) is 18.6. The molecule has 1 aromatic carbocycles. The van der Waals surface area contributed by atoms with E-state index < -0.39 is 0 Å². The normalized spacial score (nSPS) is 10.4. The maximum atomic E-state index is 12.5. The van der Waals surface area contributed by atoms with Crippen LogP contribution in [0, 0.1) is 3.57 Å². The van der Waals surface area contributed by atoms with Crippen LogP contribution in [0.1, 0.15) is 34.6 Å². The van der Waals surface area contributed by atoms with Gasteiger partial charge < -0.3 is 14.8 Å². The van der Waals surface area contributed by atoms with Crippen molar-refractivity contribution >= 4 is 40.1 Å². The Balaban J connectivity index is 2.38. The lowest BCUT2D eigenvalue weighted by Crippen LogP contribution is -2.32. The summed E-state index contributed by atoms with van der Waals surface area (Å²) in [4.78, 5) is 39.0. The quantitative estimate of drug-likeness (QED) is 0.708. The van der Waals surface area contributed by atoms with Gasteiger partial charge in [0.15, 0.2) is 0 Å². The van der Waals surface area contributed by atoms with E-state index in [1.54, 1.807) is 24.1 Å². The minimum atomic E-state index is -0.380. The monoisotopic (exact) mass is 453 g/mol. The number of pyridine rings is 1. The maximum Gasteiger partial charge on any atom is 0.274 e. The molecule has 0 spiro atoms. The molecule has 0 aliphatic heterocycles. The van der Waals surface area contributed by atoms with Gasteiger partial charge in [0.2, 0.25) is 0 Å². The number of nitrogens with one attached hydrogen (secondary N) is 1. The van der Waals surface area contributed by atoms with Crippen LogP contribution in [-0.4, -0.2) is 34.4 Å². The van der Waals surface area contributed by atoms with E-state index in [9.17, 15) is 14.4 Å². The molecule has 0 bridgehead atoms. The van der Waals surface area contributed by atoms with Gasteiger partial charge in [0.1, 0.15) is 5.69 Å². The number of carbonyl (C=O) groups excluding carboxylic acids is 2. The fourth-order valence-electron chi connectivity index (χ4n) is 2.45. The lowest BCUT2D eigenvalue weighted by atomic mass is 10.2. The van der Waals surface area contributed by atoms with Crippen molar-refractivity contribution in [3.8, 4) is 0 Å². The molecule has 132 valence electrons. The van der Waals surface area contributed by atoms with Crippen LogP contribution in [0.2, 0.25) is 0 Å². The minimum Gasteiger partial charge on any atom is -0.339 e. The smallest absolute Gasteiger partial charge is 0.274 e. The molecule has 2 rings (SSSR count). The largest absolute Gasteiger partial charge is 0.339 e. The van der Waals surface area contributed by atoms with E-state index >= 15 is 0 Å². The van der Waals surface area contributed by atoms with Crippen LogP contribution in [0.5, 0.6) is 0 Å². The maximum absolute atomic E-state index is 12.5. The van der Waals surface area contributed by atoms with Crippen molar-refractivity contribution in [2.75, 3.05) is 18.4 Å². The molecule has 25 heavy (non-hydrogen) atoms. The van der Waals surface area contributed by atoms with Crippen molar-refractivity contribution in [1.82, 2.24) is 9.47 Å². The Morgan fingerprint density at radius 3 is 2.44 bits per heavy atom. The molecule has 6 nitrogen and oxygen atoms in total. The number of halogens is 1. The molecule has 1 N–H and O–H groups in total. The van der Waals surface area contributed by atoms with Gasteiger partial charge in [-0.15, -0.1) is 0 Å². The van der Waals surface area contributed by atoms with E-state index in [1.165, 1.54) is 16.8 Å². The van der Waals surface area contributed by atoms with Gasteiger partial charge in [0.05, 0.1) is 11.1 Å². The van der Waals surface area contributed by atoms with Gasteiger partial charge in [-0.1, -0.05) is 12.1 Å². The van der Waals surface area contributed by atoms with Crippen molar-refractivity contribution in [2.45, 2.75) is 13.8 Å². The van der Waals surface area contributed by atoms with Crippen molar-refractivity contribution in [3.63, 3.8) is 0 Å². The van der Waals surface area contributed by atoms with Gasteiger partial charge in [-0.2, -0.15) is 0 Å². The van der Waals surface area contributed by atoms with Crippen molar-refractivity contribution in [2.24, 2.45) is 7.05 Å². The molecule has 1 heterocycles. The summed E-state index contributed by atoms with van der Waals surface area (Å²) >= 11 is 2.06. The Kier molecular flexibility index (Phi) is 6.35. The van der Waals surface area contributed by atoms with E-state index in [0.717, 1.165) is 3.57 Å². The fourth-order valence-corrected chi connectivity index (χ4v) is 3.08. The minimum absolute atomic E-state index is 0.0881. The lowest BCUT2D eigenvalue weighted by molar-refractivity contribution is 0.0771.